The number of aliphatic imine (C=N–C) groups is 1. The normalized spacial score (nSPS) is 11.5. The highest BCUT2D eigenvalue weighted by Gasteiger charge is 2.01. The summed E-state index contributed by atoms with van der Waals surface area (Å²) in [6, 6.07) is 3.98. The van der Waals surface area contributed by atoms with Gasteiger partial charge in [0.25, 0.3) is 0 Å². The Morgan fingerprint density at radius 3 is 2.93 bits per heavy atom. The molecule has 0 saturated carbocycles. The first kappa shape index (κ1) is 12.0. The zero-order valence-corrected chi connectivity index (χ0v) is 10.3. The molecule has 1 aromatic heterocycles. The lowest BCUT2D eigenvalue weighted by atomic mass is 10.3. The SMILES string of the molecule is CCN(C)/C(=N\Cc1cccnc1)SC. The van der Waals surface area contributed by atoms with Crippen molar-refractivity contribution < 1.29 is 0 Å². The Hall–Kier alpha value is -1.03. The highest BCUT2D eigenvalue weighted by Crippen LogP contribution is 2.06. The number of hydrogen-bond acceptors (Lipinski definition) is 3. The Labute approximate surface area is 95.6 Å². The fourth-order valence-electron chi connectivity index (χ4n) is 1.13. The lowest BCUT2D eigenvalue weighted by Crippen LogP contribution is -2.23. The van der Waals surface area contributed by atoms with E-state index in [1.807, 2.05) is 24.6 Å². The molecule has 0 aromatic carbocycles. The summed E-state index contributed by atoms with van der Waals surface area (Å²) >= 11 is 1.68. The maximum Gasteiger partial charge on any atom is 0.158 e. The topological polar surface area (TPSA) is 28.5 Å². The zero-order valence-electron chi connectivity index (χ0n) is 9.47. The number of rotatable bonds is 3. The minimum absolute atomic E-state index is 0.703. The molecule has 0 fully saturated rings. The van der Waals surface area contributed by atoms with Gasteiger partial charge in [-0.05, 0) is 24.8 Å². The number of hydrogen-bond donors (Lipinski definition) is 0. The van der Waals surface area contributed by atoms with Gasteiger partial charge in [0.15, 0.2) is 5.17 Å². The molecule has 0 aliphatic carbocycles. The summed E-state index contributed by atoms with van der Waals surface area (Å²) in [7, 11) is 2.05. The van der Waals surface area contributed by atoms with Crippen LogP contribution in [0.3, 0.4) is 0 Å². The van der Waals surface area contributed by atoms with Gasteiger partial charge in [-0.1, -0.05) is 17.8 Å². The molecule has 1 rings (SSSR count). The fourth-order valence-corrected chi connectivity index (χ4v) is 1.76. The van der Waals surface area contributed by atoms with E-state index in [0.29, 0.717) is 6.54 Å². The lowest BCUT2D eigenvalue weighted by Gasteiger charge is -2.17. The van der Waals surface area contributed by atoms with Crippen LogP contribution >= 0.6 is 11.8 Å². The molecule has 3 nitrogen and oxygen atoms in total. The molecular formula is C11H17N3S. The van der Waals surface area contributed by atoms with Gasteiger partial charge in [0.05, 0.1) is 6.54 Å². The number of thioether (sulfide) groups is 1. The summed E-state index contributed by atoms with van der Waals surface area (Å²) in [4.78, 5) is 10.8. The largest absolute Gasteiger partial charge is 0.355 e. The van der Waals surface area contributed by atoms with Gasteiger partial charge in [0.1, 0.15) is 0 Å². The van der Waals surface area contributed by atoms with Gasteiger partial charge in [-0.25, -0.2) is 0 Å². The van der Waals surface area contributed by atoms with Crippen LogP contribution in [-0.2, 0) is 6.54 Å². The lowest BCUT2D eigenvalue weighted by molar-refractivity contribution is 0.543. The Morgan fingerprint density at radius 2 is 2.40 bits per heavy atom. The molecule has 0 unspecified atom stereocenters. The summed E-state index contributed by atoms with van der Waals surface area (Å²) in [6.07, 6.45) is 5.68. The van der Waals surface area contributed by atoms with Gasteiger partial charge in [0, 0.05) is 26.0 Å². The first-order valence-electron chi connectivity index (χ1n) is 4.96. The zero-order chi connectivity index (χ0) is 11.1. The van der Waals surface area contributed by atoms with Crippen molar-refractivity contribution in [3.05, 3.63) is 30.1 Å². The second-order valence-electron chi connectivity index (χ2n) is 3.18. The summed E-state index contributed by atoms with van der Waals surface area (Å²) in [5.74, 6) is 0. The number of pyridine rings is 1. The van der Waals surface area contributed by atoms with Gasteiger partial charge in [-0.15, -0.1) is 0 Å². The van der Waals surface area contributed by atoms with Crippen LogP contribution in [0, 0.1) is 0 Å². The van der Waals surface area contributed by atoms with Gasteiger partial charge >= 0.3 is 0 Å². The van der Waals surface area contributed by atoms with E-state index in [-0.39, 0.29) is 0 Å². The van der Waals surface area contributed by atoms with Crippen molar-refractivity contribution in [3.8, 4) is 0 Å². The van der Waals surface area contributed by atoms with E-state index in [2.05, 4.69) is 28.8 Å². The molecule has 0 atom stereocenters. The van der Waals surface area contributed by atoms with Crippen LogP contribution in [0.15, 0.2) is 29.5 Å². The van der Waals surface area contributed by atoms with E-state index in [1.54, 1.807) is 18.0 Å². The smallest absolute Gasteiger partial charge is 0.158 e. The number of nitrogens with zero attached hydrogens (tertiary/aromatic N) is 3. The first-order valence-corrected chi connectivity index (χ1v) is 6.19. The second-order valence-corrected chi connectivity index (χ2v) is 3.95. The Balaban J connectivity index is 2.62. The Bertz CT molecular complexity index is 311. The van der Waals surface area contributed by atoms with E-state index in [0.717, 1.165) is 17.3 Å². The van der Waals surface area contributed by atoms with Crippen LogP contribution in [0.4, 0.5) is 0 Å². The predicted octanol–water partition coefficient (Wildman–Crippen LogP) is 2.25. The van der Waals surface area contributed by atoms with E-state index in [4.69, 9.17) is 0 Å². The van der Waals surface area contributed by atoms with Crippen molar-refractivity contribution in [2.75, 3.05) is 19.8 Å². The van der Waals surface area contributed by atoms with Crippen molar-refractivity contribution in [3.63, 3.8) is 0 Å². The Morgan fingerprint density at radius 1 is 1.60 bits per heavy atom. The van der Waals surface area contributed by atoms with Crippen LogP contribution in [0.25, 0.3) is 0 Å². The highest BCUT2D eigenvalue weighted by atomic mass is 32.2. The maximum absolute atomic E-state index is 4.55. The first-order chi connectivity index (χ1) is 7.27. The number of aromatic nitrogens is 1. The summed E-state index contributed by atoms with van der Waals surface area (Å²) < 4.78 is 0. The molecule has 0 aliphatic heterocycles. The van der Waals surface area contributed by atoms with Crippen molar-refractivity contribution in [2.24, 2.45) is 4.99 Å². The van der Waals surface area contributed by atoms with Crippen LogP contribution < -0.4 is 0 Å². The van der Waals surface area contributed by atoms with Crippen molar-refractivity contribution in [2.45, 2.75) is 13.5 Å². The minimum Gasteiger partial charge on any atom is -0.355 e. The quantitative estimate of drug-likeness (QED) is 0.581. The maximum atomic E-state index is 4.55. The van der Waals surface area contributed by atoms with Crippen molar-refractivity contribution >= 4 is 16.9 Å². The van der Waals surface area contributed by atoms with Gasteiger partial charge in [-0.2, -0.15) is 0 Å². The molecule has 1 heterocycles. The Kier molecular flexibility index (Phi) is 5.18. The monoisotopic (exact) mass is 223 g/mol. The van der Waals surface area contributed by atoms with Crippen molar-refractivity contribution in [1.82, 2.24) is 9.88 Å². The van der Waals surface area contributed by atoms with Gasteiger partial charge in [0.2, 0.25) is 0 Å². The third-order valence-electron chi connectivity index (χ3n) is 2.10. The second kappa shape index (κ2) is 6.45. The predicted molar refractivity (Wildman–Crippen MR) is 67.2 cm³/mol. The summed E-state index contributed by atoms with van der Waals surface area (Å²) in [5.41, 5.74) is 1.15. The fraction of sp³-hybridized carbons (Fsp3) is 0.455. The molecule has 0 N–H and O–H groups in total. The van der Waals surface area contributed by atoms with E-state index in [9.17, 15) is 0 Å². The molecule has 4 heteroatoms. The molecule has 0 spiro atoms. The van der Waals surface area contributed by atoms with Crippen LogP contribution in [-0.4, -0.2) is 34.9 Å². The molecule has 0 saturated heterocycles. The molecule has 0 radical (unpaired) electrons. The average molecular weight is 223 g/mol. The molecule has 82 valence electrons. The van der Waals surface area contributed by atoms with Crippen LogP contribution in [0.2, 0.25) is 0 Å². The molecule has 15 heavy (non-hydrogen) atoms. The van der Waals surface area contributed by atoms with Crippen molar-refractivity contribution in [1.29, 1.82) is 0 Å². The van der Waals surface area contributed by atoms with E-state index in [1.165, 1.54) is 0 Å². The molecule has 1 aromatic rings. The molecule has 0 aliphatic rings. The molecule has 0 bridgehead atoms. The van der Waals surface area contributed by atoms with E-state index >= 15 is 0 Å². The van der Waals surface area contributed by atoms with E-state index < -0.39 is 0 Å². The van der Waals surface area contributed by atoms with Gasteiger partial charge in [-0.3, -0.25) is 9.98 Å². The third-order valence-corrected chi connectivity index (χ3v) is 2.91. The standard InChI is InChI=1S/C11H17N3S/c1-4-14(2)11(15-3)13-9-10-6-5-7-12-8-10/h5-8H,4,9H2,1-3H3/b13-11+. The minimum atomic E-state index is 0.703. The molecule has 0 amide bonds. The number of amidine groups is 1. The summed E-state index contributed by atoms with van der Waals surface area (Å²) in [5, 5.41) is 1.07. The molecular weight excluding hydrogens is 206 g/mol. The summed E-state index contributed by atoms with van der Waals surface area (Å²) in [6.45, 7) is 3.80. The third kappa shape index (κ3) is 3.91. The highest BCUT2D eigenvalue weighted by molar-refractivity contribution is 8.13. The van der Waals surface area contributed by atoms with Crippen LogP contribution in [0.1, 0.15) is 12.5 Å². The average Bonchev–Trinajstić information content (AvgIpc) is 2.31. The van der Waals surface area contributed by atoms with Gasteiger partial charge < -0.3 is 4.90 Å². The van der Waals surface area contributed by atoms with Crippen LogP contribution in [0.5, 0.6) is 0 Å².